The van der Waals surface area contributed by atoms with E-state index in [2.05, 4.69) is 16.7 Å². The lowest BCUT2D eigenvalue weighted by atomic mass is 9.89. The van der Waals surface area contributed by atoms with E-state index >= 15 is 0 Å². The number of nitriles is 1. The Balaban J connectivity index is 1.73. The first-order chi connectivity index (χ1) is 9.79. The van der Waals surface area contributed by atoms with E-state index in [4.69, 9.17) is 5.26 Å². The van der Waals surface area contributed by atoms with Crippen molar-refractivity contribution in [2.75, 3.05) is 18.4 Å². The molecule has 4 heteroatoms. The lowest BCUT2D eigenvalue weighted by molar-refractivity contribution is -0.115. The third kappa shape index (κ3) is 4.36. The molecule has 106 valence electrons. The van der Waals surface area contributed by atoms with Crippen LogP contribution in [0.2, 0.25) is 0 Å². The molecule has 0 aliphatic heterocycles. The standard InChI is InChI=1S/C16H21N3O/c17-10-14-8-4-5-9-15(14)19-16(20)12-18-11-13-6-2-1-3-7-13/h4-5,8-9,13,18H,1-3,6-7,11-12H2,(H,19,20). The number of carbonyl (C=O) groups is 1. The van der Waals surface area contributed by atoms with E-state index in [1.165, 1.54) is 32.1 Å². The lowest BCUT2D eigenvalue weighted by Gasteiger charge is -2.21. The van der Waals surface area contributed by atoms with E-state index in [-0.39, 0.29) is 5.91 Å². The van der Waals surface area contributed by atoms with E-state index in [1.54, 1.807) is 18.2 Å². The number of para-hydroxylation sites is 1. The Bertz CT molecular complexity index is 487. The molecule has 4 nitrogen and oxygen atoms in total. The fourth-order valence-electron chi connectivity index (χ4n) is 2.67. The zero-order valence-corrected chi connectivity index (χ0v) is 11.7. The van der Waals surface area contributed by atoms with Gasteiger partial charge in [-0.05, 0) is 37.4 Å². The first kappa shape index (κ1) is 14.5. The molecule has 1 aliphatic carbocycles. The van der Waals surface area contributed by atoms with Gasteiger partial charge in [-0.25, -0.2) is 0 Å². The molecular weight excluding hydrogens is 250 g/mol. The maximum Gasteiger partial charge on any atom is 0.238 e. The summed E-state index contributed by atoms with van der Waals surface area (Å²) in [5.41, 5.74) is 1.08. The average molecular weight is 271 g/mol. The highest BCUT2D eigenvalue weighted by Crippen LogP contribution is 2.22. The van der Waals surface area contributed by atoms with Crippen LogP contribution in [0, 0.1) is 17.2 Å². The number of rotatable bonds is 5. The molecule has 1 fully saturated rings. The van der Waals surface area contributed by atoms with Crippen molar-refractivity contribution in [2.45, 2.75) is 32.1 Å². The Morgan fingerprint density at radius 1 is 1.25 bits per heavy atom. The number of anilines is 1. The third-order valence-electron chi connectivity index (χ3n) is 3.76. The van der Waals surface area contributed by atoms with Gasteiger partial charge in [0.2, 0.25) is 5.91 Å². The van der Waals surface area contributed by atoms with Crippen molar-refractivity contribution < 1.29 is 4.79 Å². The first-order valence-electron chi connectivity index (χ1n) is 7.29. The smallest absolute Gasteiger partial charge is 0.238 e. The highest BCUT2D eigenvalue weighted by atomic mass is 16.1. The van der Waals surface area contributed by atoms with Gasteiger partial charge in [-0.1, -0.05) is 31.4 Å². The molecule has 0 radical (unpaired) electrons. The Morgan fingerprint density at radius 3 is 2.75 bits per heavy atom. The fourth-order valence-corrected chi connectivity index (χ4v) is 2.67. The monoisotopic (exact) mass is 271 g/mol. The van der Waals surface area contributed by atoms with Crippen molar-refractivity contribution in [3.05, 3.63) is 29.8 Å². The molecule has 0 atom stereocenters. The Morgan fingerprint density at radius 2 is 2.00 bits per heavy atom. The van der Waals surface area contributed by atoms with Crippen molar-refractivity contribution >= 4 is 11.6 Å². The van der Waals surface area contributed by atoms with Gasteiger partial charge in [-0.15, -0.1) is 0 Å². The topological polar surface area (TPSA) is 64.9 Å². The molecule has 0 bridgehead atoms. The maximum absolute atomic E-state index is 11.8. The predicted molar refractivity (Wildman–Crippen MR) is 79.2 cm³/mol. The van der Waals surface area contributed by atoms with Crippen molar-refractivity contribution in [1.82, 2.24) is 5.32 Å². The zero-order valence-electron chi connectivity index (χ0n) is 11.7. The molecule has 0 unspecified atom stereocenters. The van der Waals surface area contributed by atoms with E-state index < -0.39 is 0 Å². The molecule has 0 aromatic heterocycles. The summed E-state index contributed by atoms with van der Waals surface area (Å²) in [4.78, 5) is 11.8. The maximum atomic E-state index is 11.8. The summed E-state index contributed by atoms with van der Waals surface area (Å²) < 4.78 is 0. The Labute approximate surface area is 120 Å². The number of nitrogens with one attached hydrogen (secondary N) is 2. The number of nitrogens with zero attached hydrogens (tertiary/aromatic N) is 1. The summed E-state index contributed by atoms with van der Waals surface area (Å²) in [6, 6.07) is 9.12. The molecule has 1 saturated carbocycles. The summed E-state index contributed by atoms with van der Waals surface area (Å²) >= 11 is 0. The molecule has 2 rings (SSSR count). The van der Waals surface area contributed by atoms with Gasteiger partial charge in [-0.2, -0.15) is 5.26 Å². The molecule has 1 aromatic rings. The normalized spacial score (nSPS) is 15.6. The largest absolute Gasteiger partial charge is 0.324 e. The van der Waals surface area contributed by atoms with Crippen LogP contribution in [0.15, 0.2) is 24.3 Å². The third-order valence-corrected chi connectivity index (χ3v) is 3.76. The second-order valence-electron chi connectivity index (χ2n) is 5.34. The van der Waals surface area contributed by atoms with Crippen LogP contribution in [0.1, 0.15) is 37.7 Å². The van der Waals surface area contributed by atoms with Crippen LogP contribution in [0.5, 0.6) is 0 Å². The zero-order chi connectivity index (χ0) is 14.2. The molecule has 1 aliphatic rings. The van der Waals surface area contributed by atoms with Gasteiger partial charge in [0, 0.05) is 0 Å². The van der Waals surface area contributed by atoms with Crippen molar-refractivity contribution in [2.24, 2.45) is 5.92 Å². The van der Waals surface area contributed by atoms with Gasteiger partial charge in [0.25, 0.3) is 0 Å². The number of benzene rings is 1. The van der Waals surface area contributed by atoms with E-state index in [0.717, 1.165) is 6.54 Å². The van der Waals surface area contributed by atoms with Crippen LogP contribution in [-0.2, 0) is 4.79 Å². The summed E-state index contributed by atoms with van der Waals surface area (Å²) in [6.45, 7) is 1.21. The van der Waals surface area contributed by atoms with Gasteiger partial charge < -0.3 is 10.6 Å². The summed E-state index contributed by atoms with van der Waals surface area (Å²) in [5.74, 6) is 0.617. The molecule has 1 amide bonds. The molecule has 2 N–H and O–H groups in total. The lowest BCUT2D eigenvalue weighted by Crippen LogP contribution is -2.32. The van der Waals surface area contributed by atoms with Crippen molar-refractivity contribution in [1.29, 1.82) is 5.26 Å². The molecule has 0 spiro atoms. The number of carbonyl (C=O) groups excluding carboxylic acids is 1. The van der Waals surface area contributed by atoms with Gasteiger partial charge in [0.15, 0.2) is 0 Å². The highest BCUT2D eigenvalue weighted by molar-refractivity contribution is 5.93. The number of amides is 1. The minimum atomic E-state index is -0.0940. The van der Waals surface area contributed by atoms with Crippen LogP contribution in [0.4, 0.5) is 5.69 Å². The second-order valence-corrected chi connectivity index (χ2v) is 5.34. The summed E-state index contributed by atoms with van der Waals surface area (Å²) in [6.07, 6.45) is 6.52. The fraction of sp³-hybridized carbons (Fsp3) is 0.500. The quantitative estimate of drug-likeness (QED) is 0.865. The van der Waals surface area contributed by atoms with Crippen LogP contribution in [0.25, 0.3) is 0 Å². The summed E-state index contributed by atoms with van der Waals surface area (Å²) in [7, 11) is 0. The van der Waals surface area contributed by atoms with Crippen molar-refractivity contribution in [3.63, 3.8) is 0 Å². The average Bonchev–Trinajstić information content (AvgIpc) is 2.49. The van der Waals surface area contributed by atoms with E-state index in [0.29, 0.717) is 23.7 Å². The van der Waals surface area contributed by atoms with Crippen LogP contribution in [0.3, 0.4) is 0 Å². The molecule has 1 aromatic carbocycles. The predicted octanol–water partition coefficient (Wildman–Crippen LogP) is 2.67. The molecule has 20 heavy (non-hydrogen) atoms. The van der Waals surface area contributed by atoms with Crippen LogP contribution in [-0.4, -0.2) is 19.0 Å². The minimum Gasteiger partial charge on any atom is -0.324 e. The highest BCUT2D eigenvalue weighted by Gasteiger charge is 2.13. The van der Waals surface area contributed by atoms with Gasteiger partial charge >= 0.3 is 0 Å². The molecule has 0 heterocycles. The van der Waals surface area contributed by atoms with Gasteiger partial charge in [-0.3, -0.25) is 4.79 Å². The van der Waals surface area contributed by atoms with Crippen LogP contribution >= 0.6 is 0 Å². The van der Waals surface area contributed by atoms with Crippen LogP contribution < -0.4 is 10.6 Å². The molecular formula is C16H21N3O. The summed E-state index contributed by atoms with van der Waals surface area (Å²) in [5, 5.41) is 15.0. The van der Waals surface area contributed by atoms with E-state index in [9.17, 15) is 4.79 Å². The minimum absolute atomic E-state index is 0.0940. The molecule has 0 saturated heterocycles. The van der Waals surface area contributed by atoms with Gasteiger partial charge in [0.05, 0.1) is 17.8 Å². The van der Waals surface area contributed by atoms with E-state index in [1.807, 2.05) is 6.07 Å². The number of hydrogen-bond donors (Lipinski definition) is 2. The Kier molecular flexibility index (Phi) is 5.57. The Hall–Kier alpha value is -1.86. The number of hydrogen-bond acceptors (Lipinski definition) is 3. The van der Waals surface area contributed by atoms with Gasteiger partial charge in [0.1, 0.15) is 6.07 Å². The SMILES string of the molecule is N#Cc1ccccc1NC(=O)CNCC1CCCCC1. The second kappa shape index (κ2) is 7.66. The van der Waals surface area contributed by atoms with Crippen molar-refractivity contribution in [3.8, 4) is 6.07 Å². The first-order valence-corrected chi connectivity index (χ1v) is 7.29.